The molecule has 1 aromatic carbocycles. The molecule has 1 rings (SSSR count). The van der Waals surface area contributed by atoms with Crippen LogP contribution in [0.3, 0.4) is 0 Å². The maximum atomic E-state index is 11.8. The number of nitrogens with one attached hydrogen (secondary N) is 2. The Labute approximate surface area is 123 Å². The van der Waals surface area contributed by atoms with Gasteiger partial charge in [0.15, 0.2) is 0 Å². The van der Waals surface area contributed by atoms with Gasteiger partial charge in [0.1, 0.15) is 6.04 Å². The standard InChI is InChI=1S/C14H21BrN2O2/c1-10-9-12(5-6-13(10)15)17-11(2)14(18)16-7-4-8-19-3/h5-6,9,11,17H,4,7-8H2,1-3H3,(H,16,18). The Bertz CT molecular complexity index is 424. The van der Waals surface area contributed by atoms with Gasteiger partial charge in [0.2, 0.25) is 5.91 Å². The van der Waals surface area contributed by atoms with Gasteiger partial charge in [0, 0.05) is 30.4 Å². The molecular formula is C14H21BrN2O2. The van der Waals surface area contributed by atoms with Gasteiger partial charge in [-0.3, -0.25) is 4.79 Å². The van der Waals surface area contributed by atoms with E-state index in [4.69, 9.17) is 4.74 Å². The lowest BCUT2D eigenvalue weighted by Crippen LogP contribution is -2.38. The second-order valence-corrected chi connectivity index (χ2v) is 5.32. The molecule has 0 fully saturated rings. The Morgan fingerprint density at radius 2 is 2.21 bits per heavy atom. The molecule has 1 amide bonds. The van der Waals surface area contributed by atoms with Gasteiger partial charge >= 0.3 is 0 Å². The van der Waals surface area contributed by atoms with Crippen LogP contribution < -0.4 is 10.6 Å². The monoisotopic (exact) mass is 328 g/mol. The van der Waals surface area contributed by atoms with E-state index in [1.165, 1.54) is 0 Å². The van der Waals surface area contributed by atoms with Crippen LogP contribution in [0.25, 0.3) is 0 Å². The van der Waals surface area contributed by atoms with Crippen molar-refractivity contribution in [3.63, 3.8) is 0 Å². The molecule has 19 heavy (non-hydrogen) atoms. The van der Waals surface area contributed by atoms with Crippen molar-refractivity contribution < 1.29 is 9.53 Å². The molecule has 0 aliphatic heterocycles. The van der Waals surface area contributed by atoms with Gasteiger partial charge in [-0.2, -0.15) is 0 Å². The van der Waals surface area contributed by atoms with E-state index in [0.29, 0.717) is 13.2 Å². The van der Waals surface area contributed by atoms with Crippen LogP contribution in [0.15, 0.2) is 22.7 Å². The number of rotatable bonds is 7. The van der Waals surface area contributed by atoms with E-state index in [0.717, 1.165) is 22.1 Å². The van der Waals surface area contributed by atoms with Gasteiger partial charge in [-0.05, 0) is 44.0 Å². The summed E-state index contributed by atoms with van der Waals surface area (Å²) in [6.07, 6.45) is 0.826. The van der Waals surface area contributed by atoms with Crippen molar-refractivity contribution in [1.82, 2.24) is 5.32 Å². The summed E-state index contributed by atoms with van der Waals surface area (Å²) < 4.78 is 6.00. The summed E-state index contributed by atoms with van der Waals surface area (Å²) in [6.45, 7) is 5.17. The Kier molecular flexibility index (Phi) is 6.87. The van der Waals surface area contributed by atoms with Gasteiger partial charge in [-0.15, -0.1) is 0 Å². The summed E-state index contributed by atoms with van der Waals surface area (Å²) in [4.78, 5) is 11.8. The van der Waals surface area contributed by atoms with Crippen LogP contribution in [0.1, 0.15) is 18.9 Å². The van der Waals surface area contributed by atoms with Crippen LogP contribution >= 0.6 is 15.9 Å². The summed E-state index contributed by atoms with van der Waals surface area (Å²) in [5.41, 5.74) is 2.08. The average Bonchev–Trinajstić information content (AvgIpc) is 2.38. The van der Waals surface area contributed by atoms with Gasteiger partial charge in [-0.25, -0.2) is 0 Å². The third-order valence-electron chi connectivity index (χ3n) is 2.76. The number of amides is 1. The quantitative estimate of drug-likeness (QED) is 0.756. The highest BCUT2D eigenvalue weighted by molar-refractivity contribution is 9.10. The number of halogens is 1. The fourth-order valence-electron chi connectivity index (χ4n) is 1.63. The minimum Gasteiger partial charge on any atom is -0.385 e. The molecule has 106 valence electrons. The normalized spacial score (nSPS) is 12.0. The second-order valence-electron chi connectivity index (χ2n) is 4.47. The van der Waals surface area contributed by atoms with E-state index < -0.39 is 0 Å². The summed E-state index contributed by atoms with van der Waals surface area (Å²) in [7, 11) is 1.65. The average molecular weight is 329 g/mol. The molecule has 0 saturated carbocycles. The predicted octanol–water partition coefficient (Wildman–Crippen LogP) is 2.71. The highest BCUT2D eigenvalue weighted by Gasteiger charge is 2.11. The number of hydrogen-bond donors (Lipinski definition) is 2. The second kappa shape index (κ2) is 8.17. The van der Waals surface area contributed by atoms with Crippen LogP contribution in [0.5, 0.6) is 0 Å². The molecule has 0 heterocycles. The molecule has 1 aromatic rings. The molecule has 0 saturated heterocycles. The highest BCUT2D eigenvalue weighted by atomic mass is 79.9. The summed E-state index contributed by atoms with van der Waals surface area (Å²) >= 11 is 3.45. The minimum absolute atomic E-state index is 0.00308. The van der Waals surface area contributed by atoms with Gasteiger partial charge in [0.25, 0.3) is 0 Å². The fourth-order valence-corrected chi connectivity index (χ4v) is 1.88. The van der Waals surface area contributed by atoms with Crippen molar-refractivity contribution in [1.29, 1.82) is 0 Å². The molecule has 1 unspecified atom stereocenters. The number of aryl methyl sites for hydroxylation is 1. The van der Waals surface area contributed by atoms with E-state index in [9.17, 15) is 4.79 Å². The van der Waals surface area contributed by atoms with Crippen molar-refractivity contribution >= 4 is 27.5 Å². The molecule has 4 nitrogen and oxygen atoms in total. The van der Waals surface area contributed by atoms with E-state index in [1.807, 2.05) is 32.0 Å². The van der Waals surface area contributed by atoms with E-state index >= 15 is 0 Å². The van der Waals surface area contributed by atoms with Crippen LogP contribution in [0, 0.1) is 6.92 Å². The highest BCUT2D eigenvalue weighted by Crippen LogP contribution is 2.20. The first-order valence-corrected chi connectivity index (χ1v) is 7.13. The van der Waals surface area contributed by atoms with Crippen molar-refractivity contribution in [2.24, 2.45) is 0 Å². The smallest absolute Gasteiger partial charge is 0.242 e. The maximum absolute atomic E-state index is 11.8. The lowest BCUT2D eigenvalue weighted by molar-refractivity contribution is -0.121. The Balaban J connectivity index is 2.42. The van der Waals surface area contributed by atoms with Gasteiger partial charge in [-0.1, -0.05) is 15.9 Å². The lowest BCUT2D eigenvalue weighted by Gasteiger charge is -2.16. The molecule has 0 bridgehead atoms. The number of ether oxygens (including phenoxy) is 1. The molecule has 0 aliphatic rings. The first-order chi connectivity index (χ1) is 9.04. The molecular weight excluding hydrogens is 308 g/mol. The summed E-state index contributed by atoms with van der Waals surface area (Å²) in [5.74, 6) is -0.00308. The van der Waals surface area contributed by atoms with Crippen molar-refractivity contribution in [2.45, 2.75) is 26.3 Å². The number of hydrogen-bond acceptors (Lipinski definition) is 3. The SMILES string of the molecule is COCCCNC(=O)C(C)Nc1ccc(Br)c(C)c1. The molecule has 0 aliphatic carbocycles. The van der Waals surface area contributed by atoms with Crippen molar-refractivity contribution in [3.8, 4) is 0 Å². The van der Waals surface area contributed by atoms with Crippen LogP contribution in [-0.2, 0) is 9.53 Å². The van der Waals surface area contributed by atoms with Gasteiger partial charge in [0.05, 0.1) is 0 Å². The van der Waals surface area contributed by atoms with Crippen molar-refractivity contribution in [3.05, 3.63) is 28.2 Å². The topological polar surface area (TPSA) is 50.4 Å². The molecule has 0 aromatic heterocycles. The number of carbonyl (C=O) groups is 1. The first-order valence-electron chi connectivity index (χ1n) is 6.34. The Morgan fingerprint density at radius 3 is 2.84 bits per heavy atom. The number of benzene rings is 1. The molecule has 0 spiro atoms. The van der Waals surface area contributed by atoms with Gasteiger partial charge < -0.3 is 15.4 Å². The molecule has 5 heteroatoms. The number of carbonyl (C=O) groups excluding carboxylic acids is 1. The zero-order valence-electron chi connectivity index (χ0n) is 11.6. The Hall–Kier alpha value is -1.07. The number of methoxy groups -OCH3 is 1. The summed E-state index contributed by atoms with van der Waals surface area (Å²) in [6, 6.07) is 5.67. The van der Waals surface area contributed by atoms with Crippen molar-refractivity contribution in [2.75, 3.05) is 25.6 Å². The zero-order valence-corrected chi connectivity index (χ0v) is 13.2. The number of anilines is 1. The Morgan fingerprint density at radius 1 is 1.47 bits per heavy atom. The predicted molar refractivity (Wildman–Crippen MR) is 81.5 cm³/mol. The zero-order chi connectivity index (χ0) is 14.3. The third-order valence-corrected chi connectivity index (χ3v) is 3.65. The first kappa shape index (κ1) is 16.0. The minimum atomic E-state index is -0.261. The van der Waals surface area contributed by atoms with Crippen LogP contribution in [0.4, 0.5) is 5.69 Å². The van der Waals surface area contributed by atoms with E-state index in [2.05, 4.69) is 26.6 Å². The molecule has 2 N–H and O–H groups in total. The largest absolute Gasteiger partial charge is 0.385 e. The van der Waals surface area contributed by atoms with E-state index in [1.54, 1.807) is 7.11 Å². The summed E-state index contributed by atoms with van der Waals surface area (Å²) in [5, 5.41) is 6.06. The maximum Gasteiger partial charge on any atom is 0.242 e. The van der Waals surface area contributed by atoms with Crippen LogP contribution in [0.2, 0.25) is 0 Å². The van der Waals surface area contributed by atoms with E-state index in [-0.39, 0.29) is 11.9 Å². The molecule has 0 radical (unpaired) electrons. The third kappa shape index (κ3) is 5.61. The molecule has 1 atom stereocenters. The fraction of sp³-hybridized carbons (Fsp3) is 0.500. The van der Waals surface area contributed by atoms with Crippen LogP contribution in [-0.4, -0.2) is 32.2 Å². The lowest BCUT2D eigenvalue weighted by atomic mass is 10.2.